The van der Waals surface area contributed by atoms with Crippen molar-refractivity contribution < 1.29 is 0 Å². The van der Waals surface area contributed by atoms with Crippen LogP contribution in [-0.2, 0) is 13.5 Å². The number of aryl methyl sites for hydroxylation is 1. The van der Waals surface area contributed by atoms with Crippen LogP contribution in [0.3, 0.4) is 0 Å². The molecule has 6 nitrogen and oxygen atoms in total. The summed E-state index contributed by atoms with van der Waals surface area (Å²) in [6.07, 6.45) is 2.83. The fourth-order valence-corrected chi connectivity index (χ4v) is 2.58. The first-order chi connectivity index (χ1) is 8.60. The minimum Gasteiger partial charge on any atom is -0.303 e. The van der Waals surface area contributed by atoms with E-state index < -0.39 is 0 Å². The maximum Gasteiger partial charge on any atom is 0.0641 e. The summed E-state index contributed by atoms with van der Waals surface area (Å²) < 4.78 is 1.83. The Kier molecular flexibility index (Phi) is 4.34. The number of aromatic nitrogens is 2. The van der Waals surface area contributed by atoms with Gasteiger partial charge in [0, 0.05) is 51.4 Å². The molecule has 2 rings (SSSR count). The summed E-state index contributed by atoms with van der Waals surface area (Å²) in [6, 6.07) is 2.71. The average molecular weight is 252 g/mol. The second kappa shape index (κ2) is 5.79. The molecule has 18 heavy (non-hydrogen) atoms. The van der Waals surface area contributed by atoms with Crippen LogP contribution in [0.4, 0.5) is 0 Å². The molecule has 1 fully saturated rings. The van der Waals surface area contributed by atoms with Crippen LogP contribution in [0.5, 0.6) is 0 Å². The lowest BCUT2D eigenvalue weighted by Gasteiger charge is -2.41. The number of nitrogens with zero attached hydrogens (tertiary/aromatic N) is 4. The molecule has 0 aliphatic carbocycles. The molecule has 0 radical (unpaired) electrons. The number of rotatable bonds is 4. The molecule has 1 saturated heterocycles. The fourth-order valence-electron chi connectivity index (χ4n) is 2.58. The topological polar surface area (TPSA) is 62.3 Å². The monoisotopic (exact) mass is 252 g/mol. The Bertz CT molecular complexity index is 376. The molecule has 102 valence electrons. The molecule has 3 N–H and O–H groups in total. The van der Waals surface area contributed by atoms with Crippen LogP contribution in [0.25, 0.3) is 0 Å². The SMILES string of the molecule is CN1CCN(C)C(C(Cc2ccn(C)n2)NN)C1. The Hall–Kier alpha value is -0.950. The van der Waals surface area contributed by atoms with Gasteiger partial charge in [-0.05, 0) is 20.2 Å². The molecule has 1 aliphatic heterocycles. The Morgan fingerprint density at radius 1 is 1.44 bits per heavy atom. The van der Waals surface area contributed by atoms with Gasteiger partial charge in [-0.2, -0.15) is 5.10 Å². The standard InChI is InChI=1S/C12H24N6/c1-16-6-7-17(2)12(9-16)11(14-13)8-10-4-5-18(3)15-10/h4-5,11-12,14H,6-9,13H2,1-3H3. The molecular weight excluding hydrogens is 228 g/mol. The van der Waals surface area contributed by atoms with Gasteiger partial charge in [-0.15, -0.1) is 0 Å². The van der Waals surface area contributed by atoms with E-state index in [1.165, 1.54) is 0 Å². The highest BCUT2D eigenvalue weighted by molar-refractivity contribution is 5.04. The summed E-state index contributed by atoms with van der Waals surface area (Å²) in [5.41, 5.74) is 4.05. The second-order valence-corrected chi connectivity index (χ2v) is 5.27. The molecule has 0 amide bonds. The van der Waals surface area contributed by atoms with Gasteiger partial charge in [-0.1, -0.05) is 0 Å². The van der Waals surface area contributed by atoms with Gasteiger partial charge in [-0.3, -0.25) is 20.9 Å². The smallest absolute Gasteiger partial charge is 0.0641 e. The van der Waals surface area contributed by atoms with Crippen molar-refractivity contribution in [2.75, 3.05) is 33.7 Å². The minimum atomic E-state index is 0.229. The van der Waals surface area contributed by atoms with Gasteiger partial charge in [0.1, 0.15) is 0 Å². The third kappa shape index (κ3) is 3.08. The normalized spacial score (nSPS) is 24.3. The number of hydrogen-bond donors (Lipinski definition) is 2. The van der Waals surface area contributed by atoms with E-state index in [4.69, 9.17) is 5.84 Å². The van der Waals surface area contributed by atoms with Gasteiger partial charge in [0.05, 0.1) is 5.69 Å². The van der Waals surface area contributed by atoms with Crippen LogP contribution in [0, 0.1) is 0 Å². The molecule has 1 aromatic rings. The summed E-state index contributed by atoms with van der Waals surface area (Å²) in [5.74, 6) is 5.74. The second-order valence-electron chi connectivity index (χ2n) is 5.27. The van der Waals surface area contributed by atoms with E-state index in [2.05, 4.69) is 40.5 Å². The highest BCUT2D eigenvalue weighted by Crippen LogP contribution is 2.13. The first kappa shape index (κ1) is 13.5. The Labute approximate surface area is 109 Å². The number of nitrogens with one attached hydrogen (secondary N) is 1. The van der Waals surface area contributed by atoms with E-state index in [9.17, 15) is 0 Å². The number of hydrogen-bond acceptors (Lipinski definition) is 5. The third-order valence-electron chi connectivity index (χ3n) is 3.78. The van der Waals surface area contributed by atoms with Crippen molar-refractivity contribution in [3.63, 3.8) is 0 Å². The maximum absolute atomic E-state index is 5.74. The van der Waals surface area contributed by atoms with Crippen molar-refractivity contribution in [2.45, 2.75) is 18.5 Å². The van der Waals surface area contributed by atoms with E-state index in [1.54, 1.807) is 0 Å². The van der Waals surface area contributed by atoms with Gasteiger partial charge >= 0.3 is 0 Å². The summed E-state index contributed by atoms with van der Waals surface area (Å²) in [7, 11) is 6.27. The molecule has 0 spiro atoms. The lowest BCUT2D eigenvalue weighted by atomic mass is 10.00. The molecule has 0 bridgehead atoms. The van der Waals surface area contributed by atoms with Gasteiger partial charge in [0.25, 0.3) is 0 Å². The molecule has 1 aliphatic rings. The molecule has 2 atom stereocenters. The highest BCUT2D eigenvalue weighted by Gasteiger charge is 2.29. The van der Waals surface area contributed by atoms with Crippen LogP contribution in [0.2, 0.25) is 0 Å². The molecule has 0 saturated carbocycles. The number of likely N-dealkylation sites (N-methyl/N-ethyl adjacent to an activating group) is 2. The van der Waals surface area contributed by atoms with Gasteiger partial charge < -0.3 is 4.90 Å². The maximum atomic E-state index is 5.74. The average Bonchev–Trinajstić information content (AvgIpc) is 2.75. The summed E-state index contributed by atoms with van der Waals surface area (Å²) in [6.45, 7) is 3.24. The Morgan fingerprint density at radius 2 is 2.22 bits per heavy atom. The van der Waals surface area contributed by atoms with Crippen molar-refractivity contribution in [1.82, 2.24) is 25.0 Å². The van der Waals surface area contributed by atoms with Gasteiger partial charge in [-0.25, -0.2) is 0 Å². The van der Waals surface area contributed by atoms with Crippen LogP contribution >= 0.6 is 0 Å². The lowest BCUT2D eigenvalue weighted by molar-refractivity contribution is 0.0874. The molecule has 1 aromatic heterocycles. The summed E-state index contributed by atoms with van der Waals surface area (Å²) in [4.78, 5) is 4.74. The van der Waals surface area contributed by atoms with Crippen LogP contribution in [0.15, 0.2) is 12.3 Å². The quantitative estimate of drug-likeness (QED) is 0.534. The lowest BCUT2D eigenvalue weighted by Crippen LogP contribution is -2.60. The predicted molar refractivity (Wildman–Crippen MR) is 71.9 cm³/mol. The van der Waals surface area contributed by atoms with Gasteiger partial charge in [0.2, 0.25) is 0 Å². The zero-order valence-electron chi connectivity index (χ0n) is 11.5. The Morgan fingerprint density at radius 3 is 2.83 bits per heavy atom. The minimum absolute atomic E-state index is 0.229. The van der Waals surface area contributed by atoms with Crippen molar-refractivity contribution in [2.24, 2.45) is 12.9 Å². The summed E-state index contributed by atoms with van der Waals surface area (Å²) >= 11 is 0. The highest BCUT2D eigenvalue weighted by atomic mass is 15.3. The number of hydrazine groups is 1. The molecular formula is C12H24N6. The van der Waals surface area contributed by atoms with Crippen LogP contribution < -0.4 is 11.3 Å². The molecule has 6 heteroatoms. The Balaban J connectivity index is 2.02. The van der Waals surface area contributed by atoms with E-state index in [1.807, 2.05) is 17.9 Å². The van der Waals surface area contributed by atoms with E-state index in [0.717, 1.165) is 31.7 Å². The van der Waals surface area contributed by atoms with Gasteiger partial charge in [0.15, 0.2) is 0 Å². The van der Waals surface area contributed by atoms with Crippen LogP contribution in [-0.4, -0.2) is 65.4 Å². The summed E-state index contributed by atoms with van der Waals surface area (Å²) in [5, 5.41) is 4.43. The fraction of sp³-hybridized carbons (Fsp3) is 0.750. The number of piperazine rings is 1. The first-order valence-corrected chi connectivity index (χ1v) is 6.43. The van der Waals surface area contributed by atoms with E-state index in [-0.39, 0.29) is 6.04 Å². The van der Waals surface area contributed by atoms with Crippen molar-refractivity contribution in [3.8, 4) is 0 Å². The van der Waals surface area contributed by atoms with Crippen molar-refractivity contribution in [1.29, 1.82) is 0 Å². The third-order valence-corrected chi connectivity index (χ3v) is 3.78. The molecule has 2 heterocycles. The zero-order chi connectivity index (χ0) is 13.1. The predicted octanol–water partition coefficient (Wildman–Crippen LogP) is -0.960. The largest absolute Gasteiger partial charge is 0.303 e. The van der Waals surface area contributed by atoms with Crippen LogP contribution in [0.1, 0.15) is 5.69 Å². The molecule has 2 unspecified atom stereocenters. The zero-order valence-corrected chi connectivity index (χ0v) is 11.5. The van der Waals surface area contributed by atoms with E-state index in [0.29, 0.717) is 6.04 Å². The van der Waals surface area contributed by atoms with E-state index >= 15 is 0 Å². The first-order valence-electron chi connectivity index (χ1n) is 6.43. The van der Waals surface area contributed by atoms with Crippen molar-refractivity contribution >= 4 is 0 Å². The molecule has 0 aromatic carbocycles. The van der Waals surface area contributed by atoms with Crippen molar-refractivity contribution in [3.05, 3.63) is 18.0 Å². The number of nitrogens with two attached hydrogens (primary N) is 1.